The maximum atomic E-state index is 12.4. The fourth-order valence-corrected chi connectivity index (χ4v) is 3.06. The summed E-state index contributed by atoms with van der Waals surface area (Å²) in [6.07, 6.45) is 4.50. The molecule has 0 aromatic carbocycles. The minimum Gasteiger partial charge on any atom is -0.360 e. The van der Waals surface area contributed by atoms with Crippen molar-refractivity contribution in [3.8, 4) is 0 Å². The first kappa shape index (κ1) is 13.7. The van der Waals surface area contributed by atoms with Gasteiger partial charge in [0, 0.05) is 25.1 Å². The first-order valence-electron chi connectivity index (χ1n) is 7.71. The summed E-state index contributed by atoms with van der Waals surface area (Å²) in [6, 6.07) is 1.84. The zero-order valence-electron chi connectivity index (χ0n) is 12.7. The monoisotopic (exact) mass is 276 g/mol. The predicted octanol–water partition coefficient (Wildman–Crippen LogP) is 3.45. The molecule has 1 aromatic heterocycles. The molecule has 1 amide bonds. The van der Waals surface area contributed by atoms with Crippen LogP contribution >= 0.6 is 0 Å². The molecule has 2 fully saturated rings. The van der Waals surface area contributed by atoms with Gasteiger partial charge in [0.05, 0.1) is 0 Å². The molecule has 0 unspecified atom stereocenters. The van der Waals surface area contributed by atoms with Crippen molar-refractivity contribution in [2.24, 2.45) is 11.3 Å². The van der Waals surface area contributed by atoms with Crippen LogP contribution in [-0.2, 0) is 0 Å². The molecule has 1 saturated carbocycles. The molecule has 3 rings (SSSR count). The number of carbonyl (C=O) groups excluding carboxylic acids is 1. The summed E-state index contributed by atoms with van der Waals surface area (Å²) in [4.78, 5) is 14.3. The summed E-state index contributed by atoms with van der Waals surface area (Å²) in [5, 5.41) is 3.95. The fraction of sp³-hybridized carbons (Fsp3) is 0.750. The number of amides is 1. The summed E-state index contributed by atoms with van der Waals surface area (Å²) >= 11 is 0. The van der Waals surface area contributed by atoms with E-state index in [2.05, 4.69) is 25.9 Å². The molecule has 0 bridgehead atoms. The summed E-state index contributed by atoms with van der Waals surface area (Å²) in [7, 11) is 0. The molecule has 1 saturated heterocycles. The lowest BCUT2D eigenvalue weighted by Gasteiger charge is -2.38. The second-order valence-electron chi connectivity index (χ2n) is 7.32. The number of hydrogen-bond acceptors (Lipinski definition) is 3. The second-order valence-corrected chi connectivity index (χ2v) is 7.32. The zero-order valence-corrected chi connectivity index (χ0v) is 12.7. The Morgan fingerprint density at radius 1 is 1.25 bits per heavy atom. The van der Waals surface area contributed by atoms with E-state index in [9.17, 15) is 4.79 Å². The van der Waals surface area contributed by atoms with Gasteiger partial charge in [-0.25, -0.2) is 0 Å². The number of nitrogens with zero attached hydrogens (tertiary/aromatic N) is 2. The highest BCUT2D eigenvalue weighted by Crippen LogP contribution is 2.40. The van der Waals surface area contributed by atoms with E-state index in [1.807, 2.05) is 11.0 Å². The molecule has 4 nitrogen and oxygen atoms in total. The van der Waals surface area contributed by atoms with Crippen molar-refractivity contribution < 1.29 is 9.32 Å². The van der Waals surface area contributed by atoms with Gasteiger partial charge in [0.15, 0.2) is 5.69 Å². The Balaban J connectivity index is 1.60. The van der Waals surface area contributed by atoms with E-state index in [-0.39, 0.29) is 5.91 Å². The van der Waals surface area contributed by atoms with Crippen molar-refractivity contribution in [3.05, 3.63) is 17.5 Å². The lowest BCUT2D eigenvalue weighted by Crippen LogP contribution is -2.41. The quantitative estimate of drug-likeness (QED) is 0.831. The number of hydrogen-bond donors (Lipinski definition) is 0. The van der Waals surface area contributed by atoms with Crippen LogP contribution < -0.4 is 0 Å². The number of rotatable bonds is 2. The Labute approximate surface area is 120 Å². The first-order chi connectivity index (χ1) is 9.45. The Kier molecular flexibility index (Phi) is 3.35. The number of likely N-dealkylation sites (tertiary alicyclic amines) is 1. The van der Waals surface area contributed by atoms with Gasteiger partial charge in [-0.15, -0.1) is 0 Å². The largest absolute Gasteiger partial charge is 0.360 e. The van der Waals surface area contributed by atoms with E-state index in [0.29, 0.717) is 22.9 Å². The van der Waals surface area contributed by atoms with E-state index in [1.165, 1.54) is 12.8 Å². The zero-order chi connectivity index (χ0) is 14.3. The van der Waals surface area contributed by atoms with Crippen LogP contribution in [0.2, 0.25) is 0 Å². The molecule has 1 aliphatic heterocycles. The molecule has 0 radical (unpaired) electrons. The predicted molar refractivity (Wildman–Crippen MR) is 76.6 cm³/mol. The molecule has 0 spiro atoms. The van der Waals surface area contributed by atoms with E-state index in [4.69, 9.17) is 4.52 Å². The summed E-state index contributed by atoms with van der Waals surface area (Å²) in [6.45, 7) is 8.54. The topological polar surface area (TPSA) is 46.3 Å². The number of aromatic nitrogens is 1. The van der Waals surface area contributed by atoms with Crippen LogP contribution in [0.3, 0.4) is 0 Å². The van der Waals surface area contributed by atoms with Gasteiger partial charge < -0.3 is 9.42 Å². The van der Waals surface area contributed by atoms with Crippen molar-refractivity contribution in [2.75, 3.05) is 13.1 Å². The van der Waals surface area contributed by atoms with Crippen LogP contribution in [0, 0.1) is 11.3 Å². The third-order valence-corrected chi connectivity index (χ3v) is 4.73. The molecule has 2 heterocycles. The molecule has 20 heavy (non-hydrogen) atoms. The van der Waals surface area contributed by atoms with Gasteiger partial charge in [-0.05, 0) is 37.0 Å². The highest BCUT2D eigenvalue weighted by molar-refractivity contribution is 5.92. The average Bonchev–Trinajstić information content (AvgIpc) is 3.15. The Morgan fingerprint density at radius 2 is 1.90 bits per heavy atom. The molecule has 0 atom stereocenters. The molecule has 4 heteroatoms. The molecule has 1 aromatic rings. The third kappa shape index (κ3) is 2.74. The average molecular weight is 276 g/mol. The van der Waals surface area contributed by atoms with E-state index < -0.39 is 0 Å². The molecule has 2 aliphatic rings. The van der Waals surface area contributed by atoms with Gasteiger partial charge in [0.1, 0.15) is 5.76 Å². The minimum absolute atomic E-state index is 0.0352. The summed E-state index contributed by atoms with van der Waals surface area (Å²) in [5.74, 6) is 2.13. The number of piperidine rings is 1. The van der Waals surface area contributed by atoms with Crippen molar-refractivity contribution >= 4 is 5.91 Å². The summed E-state index contributed by atoms with van der Waals surface area (Å²) < 4.78 is 5.28. The van der Waals surface area contributed by atoms with Crippen molar-refractivity contribution in [1.82, 2.24) is 10.1 Å². The van der Waals surface area contributed by atoms with Crippen LogP contribution in [0.1, 0.15) is 68.6 Å². The van der Waals surface area contributed by atoms with Gasteiger partial charge >= 0.3 is 0 Å². The number of carbonyl (C=O) groups is 1. The molecular weight excluding hydrogens is 252 g/mol. The van der Waals surface area contributed by atoms with Gasteiger partial charge in [-0.2, -0.15) is 0 Å². The lowest BCUT2D eigenvalue weighted by molar-refractivity contribution is 0.0599. The molecule has 1 aliphatic carbocycles. The van der Waals surface area contributed by atoms with Crippen LogP contribution in [0.5, 0.6) is 0 Å². The van der Waals surface area contributed by atoms with Crippen molar-refractivity contribution in [1.29, 1.82) is 0 Å². The second kappa shape index (κ2) is 4.90. The van der Waals surface area contributed by atoms with Crippen LogP contribution in [-0.4, -0.2) is 29.1 Å². The van der Waals surface area contributed by atoms with Crippen LogP contribution in [0.15, 0.2) is 10.6 Å². The van der Waals surface area contributed by atoms with Crippen LogP contribution in [0.25, 0.3) is 0 Å². The smallest absolute Gasteiger partial charge is 0.276 e. The van der Waals surface area contributed by atoms with Gasteiger partial charge in [0.2, 0.25) is 0 Å². The van der Waals surface area contributed by atoms with Crippen molar-refractivity contribution in [2.45, 2.75) is 52.4 Å². The molecule has 110 valence electrons. The van der Waals surface area contributed by atoms with Gasteiger partial charge in [-0.1, -0.05) is 25.9 Å². The van der Waals surface area contributed by atoms with Gasteiger partial charge in [0.25, 0.3) is 5.91 Å². The third-order valence-electron chi connectivity index (χ3n) is 4.73. The van der Waals surface area contributed by atoms with Crippen LogP contribution in [0.4, 0.5) is 0 Å². The molecular formula is C16H24N2O2. The standard InChI is InChI=1S/C16H24N2O2/c1-16(2,3)12-6-8-18(9-7-12)15(19)13-10-14(20-17-13)11-4-5-11/h10-12H,4-9H2,1-3H3. The Morgan fingerprint density at radius 3 is 2.45 bits per heavy atom. The Bertz CT molecular complexity index is 489. The highest BCUT2D eigenvalue weighted by Gasteiger charge is 2.33. The highest BCUT2D eigenvalue weighted by atomic mass is 16.5. The van der Waals surface area contributed by atoms with E-state index >= 15 is 0 Å². The maximum Gasteiger partial charge on any atom is 0.276 e. The van der Waals surface area contributed by atoms with E-state index in [1.54, 1.807) is 0 Å². The normalized spacial score (nSPS) is 21.2. The maximum absolute atomic E-state index is 12.4. The Hall–Kier alpha value is -1.32. The SMILES string of the molecule is CC(C)(C)C1CCN(C(=O)c2cc(C3CC3)on2)CC1. The van der Waals surface area contributed by atoms with Gasteiger partial charge in [-0.3, -0.25) is 4.79 Å². The minimum atomic E-state index is 0.0352. The lowest BCUT2D eigenvalue weighted by atomic mass is 9.75. The first-order valence-corrected chi connectivity index (χ1v) is 7.71. The molecule has 0 N–H and O–H groups in total. The van der Waals surface area contributed by atoms with E-state index in [0.717, 1.165) is 31.7 Å². The van der Waals surface area contributed by atoms with Crippen molar-refractivity contribution in [3.63, 3.8) is 0 Å². The fourth-order valence-electron chi connectivity index (χ4n) is 3.06. The summed E-state index contributed by atoms with van der Waals surface area (Å²) in [5.41, 5.74) is 0.823.